The van der Waals surface area contributed by atoms with Crippen molar-refractivity contribution in [2.75, 3.05) is 0 Å². The van der Waals surface area contributed by atoms with E-state index in [2.05, 4.69) is 55.4 Å². The van der Waals surface area contributed by atoms with Crippen molar-refractivity contribution in [2.45, 2.75) is 11.4 Å². The van der Waals surface area contributed by atoms with E-state index in [4.69, 9.17) is 0 Å². The SMILES string of the molecule is C[As]1C=C(c2ccccn2)[As](C)C(c2ccccn2)=C1. The topological polar surface area (TPSA) is 25.8 Å². The predicted octanol–water partition coefficient (Wildman–Crippen LogP) is 3.36. The average molecular weight is 386 g/mol. The van der Waals surface area contributed by atoms with Crippen LogP contribution in [0.5, 0.6) is 0 Å². The Morgan fingerprint density at radius 3 is 1.65 bits per heavy atom. The molecule has 2 nitrogen and oxygen atoms in total. The standard InChI is InChI=1S/C16H16As2N2/c1-17-11-13(15-7-3-5-9-19-15)18(2)14(12-17)16-8-4-6-10-20-16/h3-12H,1-2H3. The Balaban J connectivity index is 2.00. The van der Waals surface area contributed by atoms with Gasteiger partial charge in [0.25, 0.3) is 0 Å². The van der Waals surface area contributed by atoms with Gasteiger partial charge in [0, 0.05) is 0 Å². The van der Waals surface area contributed by atoms with E-state index in [1.54, 1.807) is 0 Å². The van der Waals surface area contributed by atoms with Crippen molar-refractivity contribution < 1.29 is 0 Å². The van der Waals surface area contributed by atoms with Gasteiger partial charge in [-0.25, -0.2) is 0 Å². The number of aromatic nitrogens is 2. The molecule has 100 valence electrons. The first-order chi connectivity index (χ1) is 9.75. The summed E-state index contributed by atoms with van der Waals surface area (Å²) in [6.07, 6.45) is 3.79. The van der Waals surface area contributed by atoms with Crippen LogP contribution in [0.4, 0.5) is 0 Å². The number of rotatable bonds is 2. The summed E-state index contributed by atoms with van der Waals surface area (Å²) >= 11 is -2.28. The number of pyridine rings is 2. The quantitative estimate of drug-likeness (QED) is 0.740. The molecule has 20 heavy (non-hydrogen) atoms. The van der Waals surface area contributed by atoms with Crippen molar-refractivity contribution in [3.63, 3.8) is 0 Å². The van der Waals surface area contributed by atoms with Gasteiger partial charge in [-0.15, -0.1) is 0 Å². The second-order valence-corrected chi connectivity index (χ2v) is 12.9. The fourth-order valence-electron chi connectivity index (χ4n) is 2.23. The molecule has 0 atom stereocenters. The molecule has 3 rings (SSSR count). The van der Waals surface area contributed by atoms with Crippen LogP contribution in [-0.4, -0.2) is 39.3 Å². The zero-order valence-corrected chi connectivity index (χ0v) is 15.3. The zero-order chi connectivity index (χ0) is 13.9. The van der Waals surface area contributed by atoms with E-state index in [0.717, 1.165) is 11.4 Å². The van der Waals surface area contributed by atoms with Crippen LogP contribution in [0.15, 0.2) is 58.5 Å². The minimum atomic E-state index is -1.26. The molecule has 4 heteroatoms. The van der Waals surface area contributed by atoms with Gasteiger partial charge in [0.15, 0.2) is 0 Å². The molecule has 0 amide bonds. The Bertz CT molecular complexity index is 593. The molecule has 0 radical (unpaired) electrons. The van der Waals surface area contributed by atoms with Gasteiger partial charge in [-0.2, -0.15) is 0 Å². The Kier molecular flexibility index (Phi) is 4.24. The van der Waals surface area contributed by atoms with Gasteiger partial charge in [0.1, 0.15) is 0 Å². The van der Waals surface area contributed by atoms with E-state index in [0.29, 0.717) is 0 Å². The summed E-state index contributed by atoms with van der Waals surface area (Å²) in [5.41, 5.74) is 7.10. The van der Waals surface area contributed by atoms with Gasteiger partial charge in [-0.05, 0) is 0 Å². The maximum absolute atomic E-state index is 4.56. The summed E-state index contributed by atoms with van der Waals surface area (Å²) in [5.74, 6) is 0. The summed E-state index contributed by atoms with van der Waals surface area (Å²) in [4.78, 5) is 14.1. The third kappa shape index (κ3) is 2.82. The van der Waals surface area contributed by atoms with Crippen LogP contribution in [-0.2, 0) is 0 Å². The van der Waals surface area contributed by atoms with Crippen LogP contribution < -0.4 is 0 Å². The van der Waals surface area contributed by atoms with Crippen molar-refractivity contribution in [1.82, 2.24) is 9.97 Å². The van der Waals surface area contributed by atoms with Crippen LogP contribution in [0.25, 0.3) is 8.72 Å². The summed E-state index contributed by atoms with van der Waals surface area (Å²) in [6, 6.07) is 12.4. The van der Waals surface area contributed by atoms with Crippen LogP contribution in [0, 0.1) is 0 Å². The van der Waals surface area contributed by atoms with E-state index in [1.807, 2.05) is 24.5 Å². The molecule has 0 fully saturated rings. The van der Waals surface area contributed by atoms with Crippen LogP contribution in [0.1, 0.15) is 11.4 Å². The molecule has 0 aromatic carbocycles. The molecule has 0 N–H and O–H groups in total. The number of hydrogen-bond donors (Lipinski definition) is 0. The Morgan fingerprint density at radius 1 is 0.750 bits per heavy atom. The molecule has 1 aliphatic heterocycles. The summed E-state index contributed by atoms with van der Waals surface area (Å²) in [7, 11) is 0. The molecule has 0 spiro atoms. The van der Waals surface area contributed by atoms with Gasteiger partial charge < -0.3 is 0 Å². The average Bonchev–Trinajstić information content (AvgIpc) is 2.51. The number of hydrogen-bond acceptors (Lipinski definition) is 2. The van der Waals surface area contributed by atoms with Crippen LogP contribution in [0.2, 0.25) is 11.4 Å². The minimum absolute atomic E-state index is 1.03. The second kappa shape index (κ2) is 6.12. The predicted molar refractivity (Wildman–Crippen MR) is 87.7 cm³/mol. The van der Waals surface area contributed by atoms with Gasteiger partial charge in [-0.1, -0.05) is 0 Å². The van der Waals surface area contributed by atoms with Crippen molar-refractivity contribution in [3.05, 3.63) is 69.9 Å². The Hall–Kier alpha value is -1.10. The van der Waals surface area contributed by atoms with Gasteiger partial charge in [0.2, 0.25) is 0 Å². The molecule has 2 aromatic rings. The zero-order valence-electron chi connectivity index (χ0n) is 11.6. The molecule has 0 saturated heterocycles. The van der Waals surface area contributed by atoms with E-state index in [-0.39, 0.29) is 0 Å². The molecule has 1 aliphatic rings. The molecule has 0 saturated carbocycles. The van der Waals surface area contributed by atoms with Crippen molar-refractivity contribution >= 4 is 38.0 Å². The van der Waals surface area contributed by atoms with E-state index >= 15 is 0 Å². The molecule has 0 unspecified atom stereocenters. The van der Waals surface area contributed by atoms with E-state index in [1.165, 1.54) is 8.72 Å². The third-order valence-electron chi connectivity index (χ3n) is 3.23. The fourth-order valence-corrected chi connectivity index (χ4v) is 15.6. The maximum atomic E-state index is 4.56. The summed E-state index contributed by atoms with van der Waals surface area (Å²) in [6.45, 7) is 0. The summed E-state index contributed by atoms with van der Waals surface area (Å²) < 4.78 is 3.01. The molecular formula is C16H16As2N2. The van der Waals surface area contributed by atoms with Crippen molar-refractivity contribution in [2.24, 2.45) is 0 Å². The van der Waals surface area contributed by atoms with Crippen LogP contribution >= 0.6 is 0 Å². The van der Waals surface area contributed by atoms with Crippen molar-refractivity contribution in [1.29, 1.82) is 0 Å². The Morgan fingerprint density at radius 2 is 1.25 bits per heavy atom. The normalized spacial score (nSPS) is 22.1. The van der Waals surface area contributed by atoms with Crippen LogP contribution in [0.3, 0.4) is 0 Å². The van der Waals surface area contributed by atoms with Crippen molar-refractivity contribution in [3.8, 4) is 0 Å². The van der Waals surface area contributed by atoms with Gasteiger partial charge >= 0.3 is 129 Å². The molecule has 0 bridgehead atoms. The monoisotopic (exact) mass is 386 g/mol. The molecular weight excluding hydrogens is 370 g/mol. The first-order valence-corrected chi connectivity index (χ1v) is 14.3. The first kappa shape index (κ1) is 13.9. The second-order valence-electron chi connectivity index (χ2n) is 4.68. The molecule has 3 heterocycles. The molecule has 0 aliphatic carbocycles. The third-order valence-corrected chi connectivity index (χ3v) is 12.5. The first-order valence-electron chi connectivity index (χ1n) is 6.48. The number of nitrogens with zero attached hydrogens (tertiary/aromatic N) is 2. The van der Waals surface area contributed by atoms with Gasteiger partial charge in [-0.3, -0.25) is 0 Å². The fraction of sp³-hybridized carbons (Fsp3) is 0.125. The summed E-state index contributed by atoms with van der Waals surface area (Å²) in [5, 5.41) is 0. The molecule has 2 aromatic heterocycles. The van der Waals surface area contributed by atoms with E-state index < -0.39 is 29.3 Å². The van der Waals surface area contributed by atoms with Gasteiger partial charge in [0.05, 0.1) is 0 Å². The van der Waals surface area contributed by atoms with E-state index in [9.17, 15) is 0 Å². The Labute approximate surface area is 129 Å².